The fraction of sp³-hybridized carbons (Fsp3) is 0.0870. The van der Waals surface area contributed by atoms with E-state index < -0.39 is 0 Å². The summed E-state index contributed by atoms with van der Waals surface area (Å²) in [4.78, 5) is 12.7. The Kier molecular flexibility index (Phi) is 3.50. The molecular weight excluding hydrogens is 336 g/mol. The Morgan fingerprint density at radius 2 is 1.59 bits per heavy atom. The van der Waals surface area contributed by atoms with Crippen molar-refractivity contribution in [2.75, 3.05) is 12.3 Å². The van der Waals surface area contributed by atoms with Crippen LogP contribution in [0, 0.1) is 0 Å². The van der Waals surface area contributed by atoms with Gasteiger partial charge < -0.3 is 10.5 Å². The van der Waals surface area contributed by atoms with Gasteiger partial charge in [-0.1, -0.05) is 48.5 Å². The van der Waals surface area contributed by atoms with Crippen molar-refractivity contribution in [3.63, 3.8) is 0 Å². The van der Waals surface area contributed by atoms with Crippen molar-refractivity contribution >= 4 is 22.7 Å². The van der Waals surface area contributed by atoms with Gasteiger partial charge in [0.25, 0.3) is 0 Å². The Labute approximate surface area is 156 Å². The van der Waals surface area contributed by atoms with Gasteiger partial charge in [-0.2, -0.15) is 0 Å². The van der Waals surface area contributed by atoms with Crippen LogP contribution in [-0.2, 0) is 4.74 Å². The quantitative estimate of drug-likeness (QED) is 0.514. The number of anilines is 1. The van der Waals surface area contributed by atoms with Gasteiger partial charge in [-0.3, -0.25) is 4.57 Å². The lowest BCUT2D eigenvalue weighted by Gasteiger charge is -2.14. The second-order valence-electron chi connectivity index (χ2n) is 6.81. The van der Waals surface area contributed by atoms with Gasteiger partial charge in [0.1, 0.15) is 6.61 Å². The van der Waals surface area contributed by atoms with E-state index in [0.717, 1.165) is 10.9 Å². The monoisotopic (exact) mass is 354 g/mol. The number of carbonyl (C=O) groups excluding carboxylic acids is 1. The van der Waals surface area contributed by atoms with Crippen LogP contribution >= 0.6 is 0 Å². The molecule has 1 aromatic heterocycles. The zero-order valence-electron chi connectivity index (χ0n) is 14.6. The van der Waals surface area contributed by atoms with E-state index in [1.807, 2.05) is 42.5 Å². The molecule has 0 spiro atoms. The molecule has 0 bridgehead atoms. The number of hydrogen-bond donors (Lipinski definition) is 1. The van der Waals surface area contributed by atoms with Crippen molar-refractivity contribution < 1.29 is 9.53 Å². The molecule has 0 atom stereocenters. The second kappa shape index (κ2) is 6.02. The standard InChI is InChI=1S/C23H18N2O2/c24-16-9-10-22-15(13-16)11-12-25(22)23(26)27-14-21-19-7-3-1-5-17(19)18-6-2-4-8-20(18)21/h1-13,21H,14,24H2. The lowest BCUT2D eigenvalue weighted by molar-refractivity contribution is 0.145. The largest absolute Gasteiger partial charge is 0.448 e. The third kappa shape index (κ3) is 2.49. The molecule has 0 saturated carbocycles. The maximum atomic E-state index is 12.7. The van der Waals surface area contributed by atoms with Crippen molar-refractivity contribution in [3.8, 4) is 11.1 Å². The summed E-state index contributed by atoms with van der Waals surface area (Å²) < 4.78 is 7.24. The number of nitrogens with two attached hydrogens (primary N) is 1. The van der Waals surface area contributed by atoms with Gasteiger partial charge in [-0.25, -0.2) is 4.79 Å². The molecule has 4 nitrogen and oxygen atoms in total. The molecule has 1 heterocycles. The highest BCUT2D eigenvalue weighted by atomic mass is 16.5. The van der Waals surface area contributed by atoms with Crippen molar-refractivity contribution in [2.24, 2.45) is 0 Å². The molecule has 0 radical (unpaired) electrons. The van der Waals surface area contributed by atoms with Crippen molar-refractivity contribution in [3.05, 3.63) is 90.1 Å². The molecule has 2 N–H and O–H groups in total. The summed E-state index contributed by atoms with van der Waals surface area (Å²) in [5, 5.41) is 0.920. The first-order valence-corrected chi connectivity index (χ1v) is 8.94. The topological polar surface area (TPSA) is 57.2 Å². The van der Waals surface area contributed by atoms with Crippen LogP contribution in [0.5, 0.6) is 0 Å². The Morgan fingerprint density at radius 1 is 0.926 bits per heavy atom. The van der Waals surface area contributed by atoms with Crippen LogP contribution in [0.15, 0.2) is 79.0 Å². The first-order chi connectivity index (χ1) is 13.2. The zero-order chi connectivity index (χ0) is 18.4. The van der Waals surface area contributed by atoms with Crippen molar-refractivity contribution in [1.29, 1.82) is 0 Å². The molecular formula is C23H18N2O2. The number of carbonyl (C=O) groups is 1. The van der Waals surface area contributed by atoms with Crippen LogP contribution in [0.2, 0.25) is 0 Å². The molecule has 27 heavy (non-hydrogen) atoms. The average molecular weight is 354 g/mol. The Morgan fingerprint density at radius 3 is 2.30 bits per heavy atom. The molecule has 0 fully saturated rings. The van der Waals surface area contributed by atoms with E-state index in [2.05, 4.69) is 24.3 Å². The number of benzene rings is 3. The Balaban J connectivity index is 1.43. The highest BCUT2D eigenvalue weighted by Gasteiger charge is 2.29. The normalized spacial score (nSPS) is 12.7. The predicted molar refractivity (Wildman–Crippen MR) is 107 cm³/mol. The lowest BCUT2D eigenvalue weighted by Crippen LogP contribution is -2.17. The molecule has 3 aromatic carbocycles. The summed E-state index contributed by atoms with van der Waals surface area (Å²) in [7, 11) is 0. The molecule has 4 aromatic rings. The summed E-state index contributed by atoms with van der Waals surface area (Å²) in [6, 6.07) is 24.0. The van der Waals surface area contributed by atoms with Gasteiger partial charge in [-0.05, 0) is 46.5 Å². The van der Waals surface area contributed by atoms with Gasteiger partial charge in [-0.15, -0.1) is 0 Å². The molecule has 5 rings (SSSR count). The summed E-state index contributed by atoms with van der Waals surface area (Å²) >= 11 is 0. The molecule has 132 valence electrons. The number of aromatic nitrogens is 1. The predicted octanol–water partition coefficient (Wildman–Crippen LogP) is 5.02. The third-order valence-electron chi connectivity index (χ3n) is 5.25. The van der Waals surface area contributed by atoms with E-state index >= 15 is 0 Å². The summed E-state index contributed by atoms with van der Waals surface area (Å²) in [5.41, 5.74) is 12.1. The van der Waals surface area contributed by atoms with E-state index in [4.69, 9.17) is 10.5 Å². The van der Waals surface area contributed by atoms with Gasteiger partial charge >= 0.3 is 6.09 Å². The number of hydrogen-bond acceptors (Lipinski definition) is 3. The highest BCUT2D eigenvalue weighted by Crippen LogP contribution is 2.44. The zero-order valence-corrected chi connectivity index (χ0v) is 14.6. The number of rotatable bonds is 2. The maximum Gasteiger partial charge on any atom is 0.418 e. The van der Waals surface area contributed by atoms with Gasteiger partial charge in [0.05, 0.1) is 5.52 Å². The number of ether oxygens (including phenoxy) is 1. The van der Waals surface area contributed by atoms with Gasteiger partial charge in [0.2, 0.25) is 0 Å². The van der Waals surface area contributed by atoms with E-state index in [9.17, 15) is 4.79 Å². The summed E-state index contributed by atoms with van der Waals surface area (Å²) in [6.07, 6.45) is 1.35. The maximum absolute atomic E-state index is 12.7. The molecule has 1 aliphatic carbocycles. The first kappa shape index (κ1) is 15.7. The van der Waals surface area contributed by atoms with Crippen LogP contribution < -0.4 is 5.73 Å². The van der Waals surface area contributed by atoms with Crippen LogP contribution in [0.1, 0.15) is 17.0 Å². The fourth-order valence-corrected chi connectivity index (χ4v) is 3.98. The first-order valence-electron chi connectivity index (χ1n) is 8.94. The third-order valence-corrected chi connectivity index (χ3v) is 5.25. The molecule has 4 heteroatoms. The van der Waals surface area contributed by atoms with Crippen LogP contribution in [0.25, 0.3) is 22.0 Å². The van der Waals surface area contributed by atoms with Crippen LogP contribution in [0.3, 0.4) is 0 Å². The highest BCUT2D eigenvalue weighted by molar-refractivity contribution is 5.91. The van der Waals surface area contributed by atoms with E-state index in [1.54, 1.807) is 12.3 Å². The Hall–Kier alpha value is -3.53. The SMILES string of the molecule is Nc1ccc2c(ccn2C(=O)OCC2c3ccccc3-c3ccccc32)c1. The van der Waals surface area contributed by atoms with E-state index in [1.165, 1.54) is 26.8 Å². The number of nitrogen functional groups attached to an aromatic ring is 1. The molecule has 0 amide bonds. The van der Waals surface area contributed by atoms with Crippen LogP contribution in [-0.4, -0.2) is 17.3 Å². The second-order valence-corrected chi connectivity index (χ2v) is 6.81. The van der Waals surface area contributed by atoms with Crippen LogP contribution in [0.4, 0.5) is 10.5 Å². The molecule has 1 aliphatic rings. The Bertz CT molecular complexity index is 1130. The number of fused-ring (bicyclic) bond motifs is 4. The van der Waals surface area contributed by atoms with E-state index in [-0.39, 0.29) is 12.0 Å². The fourth-order valence-electron chi connectivity index (χ4n) is 3.98. The van der Waals surface area contributed by atoms with E-state index in [0.29, 0.717) is 12.3 Å². The van der Waals surface area contributed by atoms with Gasteiger partial charge in [0, 0.05) is 23.2 Å². The van der Waals surface area contributed by atoms with Crippen molar-refractivity contribution in [2.45, 2.75) is 5.92 Å². The average Bonchev–Trinajstić information content (AvgIpc) is 3.25. The smallest absolute Gasteiger partial charge is 0.418 e. The minimum atomic E-state index is -0.378. The summed E-state index contributed by atoms with van der Waals surface area (Å²) in [6.45, 7) is 0.307. The minimum Gasteiger partial charge on any atom is -0.448 e. The van der Waals surface area contributed by atoms with Crippen molar-refractivity contribution in [1.82, 2.24) is 4.57 Å². The minimum absolute atomic E-state index is 0.0545. The molecule has 0 aliphatic heterocycles. The number of nitrogens with zero attached hydrogens (tertiary/aromatic N) is 1. The molecule has 0 saturated heterocycles. The molecule has 0 unspecified atom stereocenters. The lowest BCUT2D eigenvalue weighted by atomic mass is 9.98. The summed E-state index contributed by atoms with van der Waals surface area (Å²) in [5.74, 6) is 0.0545. The van der Waals surface area contributed by atoms with Gasteiger partial charge in [0.15, 0.2) is 0 Å².